The maximum atomic E-state index is 7.08. The van der Waals surface area contributed by atoms with E-state index < -0.39 is 0 Å². The zero-order valence-corrected chi connectivity index (χ0v) is 42.5. The summed E-state index contributed by atoms with van der Waals surface area (Å²) < 4.78 is 9.77. The minimum atomic E-state index is -0.158. The van der Waals surface area contributed by atoms with Crippen molar-refractivity contribution in [2.75, 3.05) is 4.81 Å². The van der Waals surface area contributed by atoms with Gasteiger partial charge in [-0.05, 0) is 161 Å². The molecule has 0 spiro atoms. The number of anilines is 2. The minimum Gasteiger partial charge on any atom is -0.456 e. The van der Waals surface area contributed by atoms with Crippen molar-refractivity contribution in [3.05, 3.63) is 172 Å². The molecule has 8 aromatic carbocycles. The van der Waals surface area contributed by atoms with E-state index in [9.17, 15) is 0 Å². The molecule has 2 aromatic heterocycles. The van der Waals surface area contributed by atoms with Crippen LogP contribution in [0.4, 0.5) is 11.4 Å². The van der Waals surface area contributed by atoms with Crippen LogP contribution >= 0.6 is 0 Å². The van der Waals surface area contributed by atoms with Crippen molar-refractivity contribution in [3.63, 3.8) is 0 Å². The fourth-order valence-electron chi connectivity index (χ4n) is 14.5. The summed E-state index contributed by atoms with van der Waals surface area (Å²) in [6.07, 6.45) is 2.34. The Kier molecular flexibility index (Phi) is 7.48. The molecule has 70 heavy (non-hydrogen) atoms. The summed E-state index contributed by atoms with van der Waals surface area (Å²) in [4.78, 5) is 2.71. The van der Waals surface area contributed by atoms with Crippen molar-refractivity contribution in [1.29, 1.82) is 0 Å². The number of nitrogens with zero attached hydrogens (tertiary/aromatic N) is 2. The SMILES string of the molecule is CC(C)(C)c1ccc(N2B3c4cc5c(cc4-n4c6cc7c(cc6c6ccc(c3c64)-c3cc4oc6cc8c(cc6c4cc32)C(C)(C)CCC8(C)C)-c2ccccc2C7(C)C)C(C)(C)c2ccccc2-5)cc1. The zero-order valence-electron chi connectivity index (χ0n) is 42.5. The van der Waals surface area contributed by atoms with Crippen LogP contribution in [0.2, 0.25) is 0 Å². The van der Waals surface area contributed by atoms with Gasteiger partial charge in [-0.15, -0.1) is 0 Å². The third-order valence-electron chi connectivity index (χ3n) is 18.6. The average molecular weight is 907 g/mol. The lowest BCUT2D eigenvalue weighted by atomic mass is 9.43. The topological polar surface area (TPSA) is 21.3 Å². The fourth-order valence-corrected chi connectivity index (χ4v) is 14.5. The van der Waals surface area contributed by atoms with E-state index in [2.05, 4.69) is 219 Å². The second-order valence-electron chi connectivity index (χ2n) is 25.2. The van der Waals surface area contributed by atoms with Crippen LogP contribution in [0.15, 0.2) is 138 Å². The molecule has 0 saturated carbocycles. The van der Waals surface area contributed by atoms with Crippen LogP contribution < -0.4 is 15.7 Å². The van der Waals surface area contributed by atoms with Gasteiger partial charge in [0.05, 0.1) is 11.0 Å². The Balaban J connectivity index is 1.09. The monoisotopic (exact) mass is 906 g/mol. The van der Waals surface area contributed by atoms with Crippen LogP contribution in [0.3, 0.4) is 0 Å². The molecule has 0 amide bonds. The van der Waals surface area contributed by atoms with E-state index in [0.29, 0.717) is 0 Å². The van der Waals surface area contributed by atoms with Crippen LogP contribution in [0.5, 0.6) is 0 Å². The molecular formula is C66H59BN2O. The van der Waals surface area contributed by atoms with E-state index >= 15 is 0 Å². The van der Waals surface area contributed by atoms with Gasteiger partial charge < -0.3 is 13.8 Å². The van der Waals surface area contributed by atoms with Crippen LogP contribution in [-0.4, -0.2) is 11.4 Å². The highest BCUT2D eigenvalue weighted by Crippen LogP contribution is 2.56. The third-order valence-corrected chi connectivity index (χ3v) is 18.6. The normalized spacial score (nSPS) is 17.9. The molecule has 15 rings (SSSR count). The number of hydrogen-bond acceptors (Lipinski definition) is 2. The van der Waals surface area contributed by atoms with E-state index in [-0.39, 0.29) is 33.9 Å². The Morgan fingerprint density at radius 1 is 0.471 bits per heavy atom. The van der Waals surface area contributed by atoms with Gasteiger partial charge in [0, 0.05) is 55.0 Å². The molecular weight excluding hydrogens is 848 g/mol. The quantitative estimate of drug-likeness (QED) is 0.153. The van der Waals surface area contributed by atoms with Gasteiger partial charge in [0.2, 0.25) is 0 Å². The Bertz CT molecular complexity index is 4050. The first-order valence-electron chi connectivity index (χ1n) is 25.8. The molecule has 3 aliphatic carbocycles. The van der Waals surface area contributed by atoms with Gasteiger partial charge in [0.25, 0.3) is 0 Å². The second-order valence-corrected chi connectivity index (χ2v) is 25.2. The molecule has 3 nitrogen and oxygen atoms in total. The highest BCUT2D eigenvalue weighted by atomic mass is 16.3. The van der Waals surface area contributed by atoms with Crippen molar-refractivity contribution in [2.24, 2.45) is 0 Å². The van der Waals surface area contributed by atoms with Crippen molar-refractivity contribution < 1.29 is 4.42 Å². The molecule has 2 aliphatic heterocycles. The molecule has 10 aromatic rings. The molecule has 0 saturated heterocycles. The Labute approximate surface area is 412 Å². The lowest BCUT2D eigenvalue weighted by molar-refractivity contribution is 0.332. The van der Waals surface area contributed by atoms with Crippen LogP contribution in [0.1, 0.15) is 128 Å². The molecule has 0 fully saturated rings. The van der Waals surface area contributed by atoms with E-state index in [0.717, 1.165) is 11.2 Å². The summed E-state index contributed by atoms with van der Waals surface area (Å²) in [5.74, 6) is 0. The van der Waals surface area contributed by atoms with Crippen LogP contribution in [0, 0.1) is 0 Å². The van der Waals surface area contributed by atoms with E-state index in [1.807, 2.05) is 0 Å². The first-order valence-corrected chi connectivity index (χ1v) is 25.8. The predicted molar refractivity (Wildman–Crippen MR) is 296 cm³/mol. The first-order chi connectivity index (χ1) is 33.3. The molecule has 0 bridgehead atoms. The van der Waals surface area contributed by atoms with Crippen LogP contribution in [-0.2, 0) is 27.1 Å². The van der Waals surface area contributed by atoms with Crippen molar-refractivity contribution in [3.8, 4) is 39.1 Å². The van der Waals surface area contributed by atoms with Gasteiger partial charge in [0.15, 0.2) is 0 Å². The average Bonchev–Trinajstić information content (AvgIpc) is 4.00. The standard InChI is InChI=1S/C66H59BN2O/c1-62(2,3)36-20-22-37(23-21-36)69-56-31-47-46-29-52-53(64(6,7)27-26-63(52,4)5)35-59(46)70-58(47)32-45(56)40-24-25-41-44-28-42-38-16-12-14-18-48(38)65(8,9)50(42)33-55(44)68-57-34-51-43(30-54(57)67(69)60(40)61(41)68)39-17-13-15-19-49(39)66(51,10)11/h12-25,28-35H,26-27H2,1-11H3. The number of rotatable bonds is 1. The number of benzene rings is 8. The summed E-state index contributed by atoms with van der Waals surface area (Å²) in [5.41, 5.74) is 28.6. The van der Waals surface area contributed by atoms with Gasteiger partial charge in [0.1, 0.15) is 11.2 Å². The molecule has 0 radical (unpaired) electrons. The maximum Gasteiger partial charge on any atom is 0.333 e. The van der Waals surface area contributed by atoms with E-state index in [1.165, 1.54) is 146 Å². The Morgan fingerprint density at radius 3 is 1.74 bits per heavy atom. The summed E-state index contributed by atoms with van der Waals surface area (Å²) in [6, 6.07) is 52.8. The molecule has 0 atom stereocenters. The lowest BCUT2D eigenvalue weighted by Gasteiger charge is -2.42. The van der Waals surface area contributed by atoms with E-state index in [4.69, 9.17) is 4.42 Å². The highest BCUT2D eigenvalue weighted by molar-refractivity contribution is 6.93. The van der Waals surface area contributed by atoms with Crippen molar-refractivity contribution >= 4 is 72.9 Å². The lowest BCUT2D eigenvalue weighted by Crippen LogP contribution is -2.60. The zero-order chi connectivity index (χ0) is 47.9. The summed E-state index contributed by atoms with van der Waals surface area (Å²) >= 11 is 0. The number of fused-ring (bicyclic) bond motifs is 18. The van der Waals surface area contributed by atoms with Gasteiger partial charge >= 0.3 is 6.85 Å². The summed E-state index contributed by atoms with van der Waals surface area (Å²) in [5, 5.41) is 5.02. The molecule has 4 heterocycles. The highest BCUT2D eigenvalue weighted by Gasteiger charge is 2.48. The number of aromatic nitrogens is 1. The Morgan fingerprint density at radius 2 is 1.07 bits per heavy atom. The van der Waals surface area contributed by atoms with Gasteiger partial charge in [-0.3, -0.25) is 0 Å². The van der Waals surface area contributed by atoms with Crippen molar-refractivity contribution in [1.82, 2.24) is 4.57 Å². The van der Waals surface area contributed by atoms with Gasteiger partial charge in [-0.25, -0.2) is 0 Å². The van der Waals surface area contributed by atoms with Crippen LogP contribution in [0.25, 0.3) is 82.8 Å². The smallest absolute Gasteiger partial charge is 0.333 e. The molecule has 342 valence electrons. The fraction of sp³-hybridized carbons (Fsp3) is 0.273. The molecule has 0 N–H and O–H groups in total. The summed E-state index contributed by atoms with van der Waals surface area (Å²) in [6.45, 7) is 26.2. The number of hydrogen-bond donors (Lipinski definition) is 0. The van der Waals surface area contributed by atoms with Gasteiger partial charge in [-0.2, -0.15) is 0 Å². The first kappa shape index (κ1) is 41.0. The molecule has 4 heteroatoms. The van der Waals surface area contributed by atoms with Crippen molar-refractivity contribution in [2.45, 2.75) is 116 Å². The largest absolute Gasteiger partial charge is 0.456 e. The molecule has 5 aliphatic rings. The summed E-state index contributed by atoms with van der Waals surface area (Å²) in [7, 11) is 0. The third kappa shape index (κ3) is 4.98. The van der Waals surface area contributed by atoms with Gasteiger partial charge in [-0.1, -0.05) is 155 Å². The second kappa shape index (κ2) is 12.8. The number of furan rings is 1. The Hall–Kier alpha value is -6.78. The molecule has 0 unspecified atom stereocenters. The minimum absolute atomic E-state index is 0.0228. The predicted octanol–water partition coefficient (Wildman–Crippen LogP) is 16.2. The van der Waals surface area contributed by atoms with E-state index in [1.54, 1.807) is 0 Å². The maximum absolute atomic E-state index is 7.08.